The predicted molar refractivity (Wildman–Crippen MR) is 45.5 cm³/mol. The first kappa shape index (κ1) is 12.2. The van der Waals surface area contributed by atoms with E-state index in [2.05, 4.69) is 10.1 Å². The van der Waals surface area contributed by atoms with Crippen LogP contribution in [-0.4, -0.2) is 13.4 Å². The molecule has 0 aromatic carbocycles. The number of hydrogen-bond donors (Lipinski definition) is 1. The first-order chi connectivity index (χ1) is 6.75. The molecular formula is C6H4ClF3N2O2S. The number of hydrogen-bond acceptors (Lipinski definition) is 3. The molecule has 0 atom stereocenters. The lowest BCUT2D eigenvalue weighted by molar-refractivity contribution is 0.139. The minimum Gasteiger partial charge on any atom is -0.251 e. The second-order valence-electron chi connectivity index (χ2n) is 2.48. The van der Waals surface area contributed by atoms with E-state index in [4.69, 9.17) is 11.6 Å². The van der Waals surface area contributed by atoms with Crippen LogP contribution in [0.15, 0.2) is 11.1 Å². The highest BCUT2D eigenvalue weighted by Crippen LogP contribution is 2.28. The molecule has 84 valence electrons. The van der Waals surface area contributed by atoms with Crippen molar-refractivity contribution in [1.82, 2.24) is 4.98 Å². The van der Waals surface area contributed by atoms with Crippen LogP contribution in [0.3, 0.4) is 0 Å². The third-order valence-corrected chi connectivity index (χ3v) is 2.82. The van der Waals surface area contributed by atoms with Gasteiger partial charge < -0.3 is 0 Å². The van der Waals surface area contributed by atoms with Crippen molar-refractivity contribution in [2.24, 2.45) is 5.14 Å². The fourth-order valence-electron chi connectivity index (χ4n) is 0.876. The van der Waals surface area contributed by atoms with E-state index in [0.717, 1.165) is 0 Å². The second kappa shape index (κ2) is 3.95. The molecule has 4 nitrogen and oxygen atoms in total. The summed E-state index contributed by atoms with van der Waals surface area (Å²) < 4.78 is 59.1. The Kier molecular flexibility index (Phi) is 3.22. The highest BCUT2D eigenvalue weighted by Gasteiger charge is 2.26. The van der Waals surface area contributed by atoms with Gasteiger partial charge >= 0.3 is 0 Å². The third-order valence-electron chi connectivity index (χ3n) is 1.45. The highest BCUT2D eigenvalue weighted by atomic mass is 35.5. The van der Waals surface area contributed by atoms with Crippen molar-refractivity contribution in [1.29, 1.82) is 0 Å². The van der Waals surface area contributed by atoms with E-state index in [1.165, 1.54) is 0 Å². The summed E-state index contributed by atoms with van der Waals surface area (Å²) in [6.07, 6.45) is -2.64. The Bertz CT molecular complexity index is 491. The summed E-state index contributed by atoms with van der Waals surface area (Å²) in [5.74, 6) is -1.72. The molecule has 1 aromatic rings. The molecule has 0 spiro atoms. The van der Waals surface area contributed by atoms with Gasteiger partial charge in [-0.15, -0.1) is 0 Å². The number of nitrogens with two attached hydrogens (primary N) is 1. The highest BCUT2D eigenvalue weighted by molar-refractivity contribution is 7.89. The molecule has 0 bridgehead atoms. The Hall–Kier alpha value is -0.860. The third kappa shape index (κ3) is 2.39. The lowest BCUT2D eigenvalue weighted by atomic mass is 10.3. The zero-order chi connectivity index (χ0) is 11.8. The van der Waals surface area contributed by atoms with Crippen molar-refractivity contribution in [3.8, 4) is 0 Å². The van der Waals surface area contributed by atoms with Gasteiger partial charge in [-0.25, -0.2) is 26.7 Å². The average Bonchev–Trinajstić information content (AvgIpc) is 2.00. The number of alkyl halides is 2. The van der Waals surface area contributed by atoms with Crippen LogP contribution in [0.5, 0.6) is 0 Å². The van der Waals surface area contributed by atoms with Crippen LogP contribution in [0.4, 0.5) is 13.2 Å². The minimum absolute atomic E-state index is 0.603. The molecule has 1 heterocycles. The number of halogens is 4. The summed E-state index contributed by atoms with van der Waals surface area (Å²) in [6, 6.07) is 0. The largest absolute Gasteiger partial charge is 0.283 e. The maximum absolute atomic E-state index is 13.2. The van der Waals surface area contributed by atoms with Gasteiger partial charge in [0, 0.05) is 6.20 Å². The monoisotopic (exact) mass is 260 g/mol. The van der Waals surface area contributed by atoms with Crippen LogP contribution in [0.2, 0.25) is 5.02 Å². The lowest BCUT2D eigenvalue weighted by Crippen LogP contribution is -2.16. The van der Waals surface area contributed by atoms with Crippen LogP contribution in [-0.2, 0) is 10.0 Å². The molecule has 0 aliphatic heterocycles. The molecule has 2 N–H and O–H groups in total. The molecule has 0 saturated carbocycles. The van der Waals surface area contributed by atoms with E-state index in [9.17, 15) is 21.6 Å². The Morgan fingerprint density at radius 1 is 1.47 bits per heavy atom. The molecule has 0 amide bonds. The van der Waals surface area contributed by atoms with E-state index >= 15 is 0 Å². The summed E-state index contributed by atoms with van der Waals surface area (Å²) in [4.78, 5) is 1.80. The predicted octanol–water partition coefficient (Wildman–Crippen LogP) is 1.46. The summed E-state index contributed by atoms with van der Waals surface area (Å²) in [5.41, 5.74) is -1.30. The number of primary sulfonamides is 1. The van der Waals surface area contributed by atoms with Crippen LogP contribution in [0.1, 0.15) is 12.1 Å². The number of nitrogens with zero attached hydrogens (tertiary/aromatic N) is 1. The standard InChI is InChI=1S/C6H4ClF3N2O2S/c7-2-1-12-4(6(9)10)3(8)5(2)15(11,13)14/h1,6H,(H2,11,13,14). The Labute approximate surface area is 87.9 Å². The topological polar surface area (TPSA) is 73.1 Å². The molecule has 0 aliphatic carbocycles. The van der Waals surface area contributed by atoms with E-state index in [1.54, 1.807) is 0 Å². The van der Waals surface area contributed by atoms with E-state index < -0.39 is 37.9 Å². The fraction of sp³-hybridized carbons (Fsp3) is 0.167. The van der Waals surface area contributed by atoms with Gasteiger partial charge in [-0.2, -0.15) is 0 Å². The number of sulfonamides is 1. The molecule has 0 aliphatic rings. The van der Waals surface area contributed by atoms with Gasteiger partial charge in [0.2, 0.25) is 10.0 Å². The first-order valence-corrected chi connectivity index (χ1v) is 5.32. The van der Waals surface area contributed by atoms with Crippen LogP contribution < -0.4 is 5.14 Å². The van der Waals surface area contributed by atoms with Gasteiger partial charge in [0.15, 0.2) is 5.82 Å². The van der Waals surface area contributed by atoms with Gasteiger partial charge in [0.25, 0.3) is 6.43 Å². The Balaban J connectivity index is 3.59. The van der Waals surface area contributed by atoms with Crippen LogP contribution in [0.25, 0.3) is 0 Å². The van der Waals surface area contributed by atoms with E-state index in [0.29, 0.717) is 6.20 Å². The normalized spacial score (nSPS) is 12.1. The van der Waals surface area contributed by atoms with Crippen molar-refractivity contribution >= 4 is 21.6 Å². The summed E-state index contributed by atoms with van der Waals surface area (Å²) in [7, 11) is -4.50. The molecule has 0 radical (unpaired) electrons. The van der Waals surface area contributed by atoms with Crippen molar-refractivity contribution in [2.45, 2.75) is 11.3 Å². The zero-order valence-electron chi connectivity index (χ0n) is 6.92. The van der Waals surface area contributed by atoms with Crippen LogP contribution in [0, 0.1) is 5.82 Å². The van der Waals surface area contributed by atoms with Gasteiger partial charge in [0.1, 0.15) is 10.6 Å². The van der Waals surface area contributed by atoms with Crippen molar-refractivity contribution in [3.05, 3.63) is 22.7 Å². The number of rotatable bonds is 2. The number of aromatic nitrogens is 1. The molecule has 1 aromatic heterocycles. The van der Waals surface area contributed by atoms with Crippen molar-refractivity contribution in [3.63, 3.8) is 0 Å². The summed E-state index contributed by atoms with van der Waals surface area (Å²) in [5, 5.41) is 3.96. The summed E-state index contributed by atoms with van der Waals surface area (Å²) in [6.45, 7) is 0. The molecule has 9 heteroatoms. The van der Waals surface area contributed by atoms with Gasteiger partial charge in [0.05, 0.1) is 5.02 Å². The number of pyridine rings is 1. The smallest absolute Gasteiger partial charge is 0.251 e. The minimum atomic E-state index is -4.50. The molecular weight excluding hydrogens is 257 g/mol. The van der Waals surface area contributed by atoms with Gasteiger partial charge in [-0.3, -0.25) is 4.98 Å². The fourth-order valence-corrected chi connectivity index (χ4v) is 2.01. The van der Waals surface area contributed by atoms with E-state index in [-0.39, 0.29) is 0 Å². The maximum Gasteiger partial charge on any atom is 0.283 e. The van der Waals surface area contributed by atoms with Crippen molar-refractivity contribution in [2.75, 3.05) is 0 Å². The van der Waals surface area contributed by atoms with Crippen molar-refractivity contribution < 1.29 is 21.6 Å². The zero-order valence-corrected chi connectivity index (χ0v) is 8.49. The molecule has 0 fully saturated rings. The molecule has 15 heavy (non-hydrogen) atoms. The Morgan fingerprint density at radius 2 is 2.00 bits per heavy atom. The Morgan fingerprint density at radius 3 is 2.40 bits per heavy atom. The van der Waals surface area contributed by atoms with Crippen LogP contribution >= 0.6 is 11.6 Å². The maximum atomic E-state index is 13.2. The quantitative estimate of drug-likeness (QED) is 0.875. The molecule has 0 unspecified atom stereocenters. The second-order valence-corrected chi connectivity index (χ2v) is 4.39. The first-order valence-electron chi connectivity index (χ1n) is 3.40. The molecule has 0 saturated heterocycles. The lowest BCUT2D eigenvalue weighted by Gasteiger charge is -2.06. The van der Waals surface area contributed by atoms with Gasteiger partial charge in [-0.1, -0.05) is 11.6 Å². The summed E-state index contributed by atoms with van der Waals surface area (Å²) >= 11 is 5.28. The van der Waals surface area contributed by atoms with Gasteiger partial charge in [-0.05, 0) is 0 Å². The average molecular weight is 261 g/mol. The molecule has 1 rings (SSSR count). The van der Waals surface area contributed by atoms with E-state index in [1.807, 2.05) is 0 Å². The SMILES string of the molecule is NS(=O)(=O)c1c(Cl)cnc(C(F)F)c1F.